The highest BCUT2D eigenvalue weighted by atomic mass is 19.4. The molecule has 4 aromatic rings. The van der Waals surface area contributed by atoms with Crippen molar-refractivity contribution in [3.63, 3.8) is 0 Å². The zero-order valence-electron chi connectivity index (χ0n) is 16.7. The van der Waals surface area contributed by atoms with Crippen LogP contribution in [0.2, 0.25) is 0 Å². The third-order valence-electron chi connectivity index (χ3n) is 4.93. The summed E-state index contributed by atoms with van der Waals surface area (Å²) in [7, 11) is 0. The first-order valence-electron chi connectivity index (χ1n) is 9.75. The van der Waals surface area contributed by atoms with Crippen LogP contribution in [0.1, 0.15) is 33.1 Å². The minimum atomic E-state index is -4.43. The molecule has 3 heterocycles. The van der Waals surface area contributed by atoms with Crippen molar-refractivity contribution in [2.24, 2.45) is 0 Å². The summed E-state index contributed by atoms with van der Waals surface area (Å²) < 4.78 is 46.6. The van der Waals surface area contributed by atoms with Crippen LogP contribution in [-0.2, 0) is 19.1 Å². The molecule has 1 aromatic carbocycles. The molecule has 160 valence electrons. The number of hydrogen-bond donors (Lipinski definition) is 1. The van der Waals surface area contributed by atoms with Crippen molar-refractivity contribution >= 4 is 17.0 Å². The minimum absolute atomic E-state index is 0.107. The number of nitrogens with one attached hydrogen (secondary N) is 1. The van der Waals surface area contributed by atoms with E-state index in [0.717, 1.165) is 17.8 Å². The lowest BCUT2D eigenvalue weighted by Crippen LogP contribution is -2.28. The maximum Gasteiger partial charge on any atom is 0.416 e. The van der Waals surface area contributed by atoms with Gasteiger partial charge in [0.15, 0.2) is 5.58 Å². The number of hydrogen-bond acceptors (Lipinski definition) is 3. The van der Waals surface area contributed by atoms with Crippen LogP contribution in [-0.4, -0.2) is 22.0 Å². The predicted octanol–water partition coefficient (Wildman–Crippen LogP) is 4.98. The Bertz CT molecular complexity index is 1210. The normalized spacial score (nSPS) is 11.7. The number of aromatic nitrogens is 2. The summed E-state index contributed by atoms with van der Waals surface area (Å²) >= 11 is 0. The number of amides is 1. The lowest BCUT2D eigenvalue weighted by Gasteiger charge is -2.13. The van der Waals surface area contributed by atoms with Crippen molar-refractivity contribution < 1.29 is 22.4 Å². The van der Waals surface area contributed by atoms with Crippen molar-refractivity contribution in [2.45, 2.75) is 26.1 Å². The van der Waals surface area contributed by atoms with Gasteiger partial charge in [-0.3, -0.25) is 9.78 Å². The molecule has 1 N–H and O–H groups in total. The number of fused-ring (bicyclic) bond motifs is 1. The number of furan rings is 1. The first-order chi connectivity index (χ1) is 14.8. The lowest BCUT2D eigenvalue weighted by molar-refractivity contribution is -0.137. The molecule has 0 fully saturated rings. The molecule has 0 aliphatic heterocycles. The number of nitrogens with zero attached hydrogens (tertiary/aromatic N) is 2. The van der Waals surface area contributed by atoms with Crippen molar-refractivity contribution in [3.8, 4) is 0 Å². The van der Waals surface area contributed by atoms with Crippen molar-refractivity contribution in [3.05, 3.63) is 89.1 Å². The summed E-state index contributed by atoms with van der Waals surface area (Å²) in [5.74, 6) is 0.330. The maximum atomic E-state index is 13.1. The monoisotopic (exact) mass is 427 g/mol. The molecule has 0 atom stereocenters. The lowest BCUT2D eigenvalue weighted by atomic mass is 10.1. The fourth-order valence-electron chi connectivity index (χ4n) is 3.49. The average molecular weight is 427 g/mol. The third kappa shape index (κ3) is 4.63. The fourth-order valence-corrected chi connectivity index (χ4v) is 3.49. The van der Waals surface area contributed by atoms with Crippen LogP contribution in [0.3, 0.4) is 0 Å². The fraction of sp³-hybridized carbons (Fsp3) is 0.217. The molecule has 5 nitrogen and oxygen atoms in total. The van der Waals surface area contributed by atoms with Gasteiger partial charge in [-0.15, -0.1) is 0 Å². The Morgan fingerprint density at radius 2 is 1.97 bits per heavy atom. The average Bonchev–Trinajstić information content (AvgIpc) is 3.25. The van der Waals surface area contributed by atoms with Crippen molar-refractivity contribution in [1.29, 1.82) is 0 Å². The molecular weight excluding hydrogens is 407 g/mol. The quantitative estimate of drug-likeness (QED) is 0.472. The van der Waals surface area contributed by atoms with E-state index in [2.05, 4.69) is 10.3 Å². The SMILES string of the molecule is Cc1cc2c(cc(C(=O)NCCc3ccccn3)n2Cc2cccc(C(F)(F)F)c2)o1. The molecule has 8 heteroatoms. The van der Waals surface area contributed by atoms with Crippen molar-refractivity contribution in [1.82, 2.24) is 14.9 Å². The first-order valence-corrected chi connectivity index (χ1v) is 9.75. The smallest absolute Gasteiger partial charge is 0.416 e. The zero-order chi connectivity index (χ0) is 22.0. The van der Waals surface area contributed by atoms with Gasteiger partial charge in [-0.05, 0) is 36.8 Å². The molecule has 1 amide bonds. The molecule has 0 unspecified atom stereocenters. The van der Waals surface area contributed by atoms with E-state index in [1.807, 2.05) is 18.2 Å². The molecular formula is C23H20F3N3O2. The third-order valence-corrected chi connectivity index (χ3v) is 4.93. The van der Waals surface area contributed by atoms with Gasteiger partial charge >= 0.3 is 6.18 Å². The Kier molecular flexibility index (Phi) is 5.54. The molecule has 31 heavy (non-hydrogen) atoms. The van der Waals surface area contributed by atoms with Gasteiger partial charge in [0.05, 0.1) is 11.1 Å². The van der Waals surface area contributed by atoms with Crippen LogP contribution in [0.5, 0.6) is 0 Å². The second kappa shape index (κ2) is 8.29. The van der Waals surface area contributed by atoms with Gasteiger partial charge in [0.1, 0.15) is 11.5 Å². The van der Waals surface area contributed by atoms with E-state index in [-0.39, 0.29) is 12.5 Å². The second-order valence-corrected chi connectivity index (χ2v) is 7.25. The standard InChI is InChI=1S/C23H20F3N3O2/c1-15-11-19-21(31-15)13-20(22(30)28-10-8-18-7-2-3-9-27-18)29(19)14-16-5-4-6-17(12-16)23(24,25)26/h2-7,9,11-13H,8,10,14H2,1H3,(H,28,30). The number of rotatable bonds is 6. The Labute approximate surface area is 176 Å². The van der Waals surface area contributed by atoms with E-state index in [1.54, 1.807) is 35.9 Å². The largest absolute Gasteiger partial charge is 0.460 e. The summed E-state index contributed by atoms with van der Waals surface area (Å²) in [6, 6.07) is 14.1. The summed E-state index contributed by atoms with van der Waals surface area (Å²) in [6.45, 7) is 2.27. The molecule has 0 bridgehead atoms. The van der Waals surface area contributed by atoms with E-state index >= 15 is 0 Å². The predicted molar refractivity (Wildman–Crippen MR) is 110 cm³/mol. The number of benzene rings is 1. The van der Waals surface area contributed by atoms with E-state index in [4.69, 9.17) is 4.42 Å². The van der Waals surface area contributed by atoms with Gasteiger partial charge in [-0.1, -0.05) is 18.2 Å². The Morgan fingerprint density at radius 3 is 2.71 bits per heavy atom. The van der Waals surface area contributed by atoms with Crippen LogP contribution >= 0.6 is 0 Å². The topological polar surface area (TPSA) is 60.1 Å². The highest BCUT2D eigenvalue weighted by Crippen LogP contribution is 2.30. The van der Waals surface area contributed by atoms with Crippen LogP contribution in [0.4, 0.5) is 13.2 Å². The number of carbonyl (C=O) groups excluding carboxylic acids is 1. The maximum absolute atomic E-state index is 13.1. The summed E-state index contributed by atoms with van der Waals surface area (Å²) in [4.78, 5) is 17.1. The number of aryl methyl sites for hydroxylation is 1. The Balaban J connectivity index is 1.59. The Morgan fingerprint density at radius 1 is 1.13 bits per heavy atom. The van der Waals surface area contributed by atoms with E-state index in [0.29, 0.717) is 41.1 Å². The molecule has 4 rings (SSSR count). The van der Waals surface area contributed by atoms with Crippen LogP contribution in [0.15, 0.2) is 65.2 Å². The highest BCUT2D eigenvalue weighted by Gasteiger charge is 2.30. The van der Waals surface area contributed by atoms with Crippen molar-refractivity contribution in [2.75, 3.05) is 6.54 Å². The molecule has 0 saturated heterocycles. The zero-order valence-corrected chi connectivity index (χ0v) is 16.7. The summed E-state index contributed by atoms with van der Waals surface area (Å²) in [6.07, 6.45) is -2.18. The number of alkyl halides is 3. The number of carbonyl (C=O) groups is 1. The Hall–Kier alpha value is -3.55. The van der Waals surface area contributed by atoms with Gasteiger partial charge in [0.25, 0.3) is 5.91 Å². The molecule has 0 aliphatic carbocycles. The van der Waals surface area contributed by atoms with Crippen LogP contribution < -0.4 is 5.32 Å². The van der Waals surface area contributed by atoms with Crippen LogP contribution in [0.25, 0.3) is 11.1 Å². The van der Waals surface area contributed by atoms with Gasteiger partial charge in [-0.25, -0.2) is 0 Å². The molecule has 3 aromatic heterocycles. The second-order valence-electron chi connectivity index (χ2n) is 7.25. The van der Waals surface area contributed by atoms with E-state index < -0.39 is 11.7 Å². The molecule has 0 aliphatic rings. The first kappa shape index (κ1) is 20.7. The van der Waals surface area contributed by atoms with Crippen LogP contribution in [0, 0.1) is 6.92 Å². The van der Waals surface area contributed by atoms with Gasteiger partial charge in [0.2, 0.25) is 0 Å². The summed E-state index contributed by atoms with van der Waals surface area (Å²) in [5, 5.41) is 2.85. The molecule has 0 radical (unpaired) electrons. The molecule has 0 spiro atoms. The van der Waals surface area contributed by atoms with Gasteiger partial charge < -0.3 is 14.3 Å². The number of pyridine rings is 1. The van der Waals surface area contributed by atoms with E-state index in [1.165, 1.54) is 6.07 Å². The van der Waals surface area contributed by atoms with E-state index in [9.17, 15) is 18.0 Å². The van der Waals surface area contributed by atoms with Gasteiger partial charge in [0, 0.05) is 43.5 Å². The minimum Gasteiger partial charge on any atom is -0.460 e. The summed E-state index contributed by atoms with van der Waals surface area (Å²) in [5.41, 5.74) is 2.06. The number of halogens is 3. The highest BCUT2D eigenvalue weighted by molar-refractivity contribution is 5.97. The molecule has 0 saturated carbocycles. The van der Waals surface area contributed by atoms with Gasteiger partial charge in [-0.2, -0.15) is 13.2 Å².